The predicted molar refractivity (Wildman–Crippen MR) is 56.4 cm³/mol. The topological polar surface area (TPSA) is 49.3 Å². The second-order valence-electron chi connectivity index (χ2n) is 3.31. The lowest BCUT2D eigenvalue weighted by Crippen LogP contribution is -2.35. The normalized spacial score (nSPS) is 14.4. The van der Waals surface area contributed by atoms with Gasteiger partial charge < -0.3 is 10.4 Å². The Morgan fingerprint density at radius 1 is 1.54 bits per heavy atom. The summed E-state index contributed by atoms with van der Waals surface area (Å²) in [5.41, 5.74) is 0. The lowest BCUT2D eigenvalue weighted by Gasteiger charge is -2.15. The third-order valence-electron chi connectivity index (χ3n) is 2.07. The maximum absolute atomic E-state index is 10.6. The van der Waals surface area contributed by atoms with Crippen LogP contribution in [-0.4, -0.2) is 24.2 Å². The number of hydrogen-bond acceptors (Lipinski definition) is 2. The molecule has 4 heteroatoms. The molecule has 0 radical (unpaired) electrons. The molecular formula is C9H20ClNO2. The molecule has 0 aromatic heterocycles. The number of carbonyl (C=O) groups is 1. The van der Waals surface area contributed by atoms with E-state index in [1.807, 2.05) is 0 Å². The molecule has 0 saturated carbocycles. The molecule has 0 bridgehead atoms. The van der Waals surface area contributed by atoms with Gasteiger partial charge >= 0.3 is 5.97 Å². The van der Waals surface area contributed by atoms with Crippen LogP contribution in [0.25, 0.3) is 0 Å². The van der Waals surface area contributed by atoms with E-state index in [4.69, 9.17) is 5.11 Å². The number of hydrogen-bond donors (Lipinski definition) is 2. The summed E-state index contributed by atoms with van der Waals surface area (Å²) in [6.07, 6.45) is 2.95. The monoisotopic (exact) mass is 209 g/mol. The Morgan fingerprint density at radius 3 is 2.38 bits per heavy atom. The number of rotatable bonds is 6. The van der Waals surface area contributed by atoms with Crippen LogP contribution in [0.15, 0.2) is 0 Å². The van der Waals surface area contributed by atoms with Crippen LogP contribution < -0.4 is 5.32 Å². The summed E-state index contributed by atoms with van der Waals surface area (Å²) in [5, 5.41) is 11.5. The Hall–Kier alpha value is -0.280. The fourth-order valence-corrected chi connectivity index (χ4v) is 1.36. The summed E-state index contributed by atoms with van der Waals surface area (Å²) in [4.78, 5) is 10.6. The van der Waals surface area contributed by atoms with E-state index in [0.717, 1.165) is 19.3 Å². The third kappa shape index (κ3) is 6.84. The number of likely N-dealkylation sites (N-methyl/N-ethyl adjacent to an activating group) is 1. The molecule has 0 heterocycles. The van der Waals surface area contributed by atoms with Crippen LogP contribution in [0.1, 0.15) is 33.1 Å². The molecule has 0 aliphatic rings. The Bertz CT molecular complexity index is 142. The SMILES string of the molecule is CCCC(C)C[C@H](NC)C(=O)O.Cl. The van der Waals surface area contributed by atoms with Gasteiger partial charge in [-0.1, -0.05) is 26.7 Å². The zero-order valence-electron chi connectivity index (χ0n) is 8.54. The molecule has 0 spiro atoms. The van der Waals surface area contributed by atoms with E-state index in [9.17, 15) is 4.79 Å². The van der Waals surface area contributed by atoms with Gasteiger partial charge in [0.25, 0.3) is 0 Å². The van der Waals surface area contributed by atoms with Crippen LogP contribution in [0.5, 0.6) is 0 Å². The highest BCUT2D eigenvalue weighted by Gasteiger charge is 2.17. The second kappa shape index (κ2) is 8.32. The van der Waals surface area contributed by atoms with Crippen molar-refractivity contribution in [3.05, 3.63) is 0 Å². The summed E-state index contributed by atoms with van der Waals surface area (Å²) in [6, 6.07) is -0.383. The largest absolute Gasteiger partial charge is 0.480 e. The van der Waals surface area contributed by atoms with Crippen LogP contribution in [0.2, 0.25) is 0 Å². The molecule has 2 atom stereocenters. The first-order valence-electron chi connectivity index (χ1n) is 4.51. The van der Waals surface area contributed by atoms with E-state index in [1.54, 1.807) is 7.05 Å². The zero-order valence-corrected chi connectivity index (χ0v) is 9.36. The molecule has 3 nitrogen and oxygen atoms in total. The average molecular weight is 210 g/mol. The summed E-state index contributed by atoms with van der Waals surface area (Å²) < 4.78 is 0. The van der Waals surface area contributed by atoms with E-state index in [0.29, 0.717) is 5.92 Å². The van der Waals surface area contributed by atoms with Gasteiger partial charge in [-0.25, -0.2) is 0 Å². The molecule has 0 rings (SSSR count). The van der Waals surface area contributed by atoms with Crippen molar-refractivity contribution in [1.29, 1.82) is 0 Å². The van der Waals surface area contributed by atoms with E-state index in [-0.39, 0.29) is 18.4 Å². The lowest BCUT2D eigenvalue weighted by molar-refractivity contribution is -0.139. The van der Waals surface area contributed by atoms with Crippen molar-refractivity contribution in [1.82, 2.24) is 5.32 Å². The fraction of sp³-hybridized carbons (Fsp3) is 0.889. The predicted octanol–water partition coefficient (Wildman–Crippen LogP) is 1.91. The molecule has 1 unspecified atom stereocenters. The highest BCUT2D eigenvalue weighted by atomic mass is 35.5. The molecule has 0 aromatic carbocycles. The van der Waals surface area contributed by atoms with Crippen LogP contribution in [-0.2, 0) is 4.79 Å². The van der Waals surface area contributed by atoms with Crippen LogP contribution >= 0.6 is 12.4 Å². The maximum atomic E-state index is 10.6. The number of halogens is 1. The molecule has 80 valence electrons. The van der Waals surface area contributed by atoms with Crippen molar-refractivity contribution in [2.75, 3.05) is 7.05 Å². The van der Waals surface area contributed by atoms with Gasteiger partial charge in [0, 0.05) is 0 Å². The minimum atomic E-state index is -0.750. The molecule has 0 aromatic rings. The highest BCUT2D eigenvalue weighted by molar-refractivity contribution is 5.85. The van der Waals surface area contributed by atoms with E-state index < -0.39 is 5.97 Å². The molecule has 0 saturated heterocycles. The average Bonchev–Trinajstić information content (AvgIpc) is 2.00. The quantitative estimate of drug-likeness (QED) is 0.703. The number of carboxylic acid groups (broad SMARTS) is 1. The van der Waals surface area contributed by atoms with Gasteiger partial charge in [-0.2, -0.15) is 0 Å². The number of aliphatic carboxylic acids is 1. The summed E-state index contributed by atoms with van der Waals surface area (Å²) in [5.74, 6) is -0.260. The summed E-state index contributed by atoms with van der Waals surface area (Å²) in [7, 11) is 1.69. The fourth-order valence-electron chi connectivity index (χ4n) is 1.36. The van der Waals surface area contributed by atoms with Gasteiger partial charge in [-0.15, -0.1) is 12.4 Å². The van der Waals surface area contributed by atoms with Gasteiger partial charge in [0.15, 0.2) is 0 Å². The molecule has 0 amide bonds. The van der Waals surface area contributed by atoms with Crippen molar-refractivity contribution in [3.8, 4) is 0 Å². The second-order valence-corrected chi connectivity index (χ2v) is 3.31. The zero-order chi connectivity index (χ0) is 9.56. The third-order valence-corrected chi connectivity index (χ3v) is 2.07. The molecule has 2 N–H and O–H groups in total. The summed E-state index contributed by atoms with van der Waals surface area (Å²) in [6.45, 7) is 4.21. The summed E-state index contributed by atoms with van der Waals surface area (Å²) >= 11 is 0. The van der Waals surface area contributed by atoms with Crippen molar-refractivity contribution in [2.45, 2.75) is 39.2 Å². The van der Waals surface area contributed by atoms with E-state index >= 15 is 0 Å². The van der Waals surface area contributed by atoms with Crippen molar-refractivity contribution in [3.63, 3.8) is 0 Å². The van der Waals surface area contributed by atoms with Crippen LogP contribution in [0, 0.1) is 5.92 Å². The molecule has 0 aliphatic heterocycles. The first kappa shape index (κ1) is 15.2. The van der Waals surface area contributed by atoms with Crippen LogP contribution in [0.4, 0.5) is 0 Å². The first-order valence-corrected chi connectivity index (χ1v) is 4.51. The lowest BCUT2D eigenvalue weighted by atomic mass is 9.97. The van der Waals surface area contributed by atoms with Gasteiger partial charge in [-0.05, 0) is 19.4 Å². The molecule has 0 fully saturated rings. The number of nitrogens with one attached hydrogen (secondary N) is 1. The Kier molecular flexibility index (Phi) is 9.74. The molecular weight excluding hydrogens is 190 g/mol. The van der Waals surface area contributed by atoms with Gasteiger partial charge in [0.05, 0.1) is 0 Å². The Labute approximate surface area is 86.3 Å². The minimum Gasteiger partial charge on any atom is -0.480 e. The maximum Gasteiger partial charge on any atom is 0.320 e. The van der Waals surface area contributed by atoms with Gasteiger partial charge in [0.1, 0.15) is 6.04 Å². The van der Waals surface area contributed by atoms with E-state index in [2.05, 4.69) is 19.2 Å². The van der Waals surface area contributed by atoms with Crippen molar-refractivity contribution in [2.24, 2.45) is 5.92 Å². The van der Waals surface area contributed by atoms with Crippen molar-refractivity contribution >= 4 is 18.4 Å². The highest BCUT2D eigenvalue weighted by Crippen LogP contribution is 2.12. The Balaban J connectivity index is 0. The van der Waals surface area contributed by atoms with Crippen molar-refractivity contribution < 1.29 is 9.90 Å². The number of carboxylic acids is 1. The Morgan fingerprint density at radius 2 is 2.08 bits per heavy atom. The molecule has 13 heavy (non-hydrogen) atoms. The van der Waals surface area contributed by atoms with Gasteiger partial charge in [-0.3, -0.25) is 4.79 Å². The molecule has 0 aliphatic carbocycles. The standard InChI is InChI=1S/C9H19NO2.ClH/c1-4-5-7(2)6-8(10-3)9(11)12;/h7-8,10H,4-6H2,1-3H3,(H,11,12);1H/t7?,8-;/m0./s1. The van der Waals surface area contributed by atoms with Crippen LogP contribution in [0.3, 0.4) is 0 Å². The van der Waals surface area contributed by atoms with E-state index in [1.165, 1.54) is 0 Å². The minimum absolute atomic E-state index is 0. The smallest absolute Gasteiger partial charge is 0.320 e. The first-order chi connectivity index (χ1) is 5.61. The van der Waals surface area contributed by atoms with Gasteiger partial charge in [0.2, 0.25) is 0 Å².